The molecule has 2 bridgehead atoms. The smallest absolute Gasteiger partial charge is 0.441 e. The summed E-state index contributed by atoms with van der Waals surface area (Å²) in [7, 11) is 0. The van der Waals surface area contributed by atoms with Crippen molar-refractivity contribution in [2.24, 2.45) is 17.3 Å². The molecule has 0 aromatic carbocycles. The summed E-state index contributed by atoms with van der Waals surface area (Å²) in [5, 5.41) is 9.32. The Hall–Kier alpha value is -0.390. The molecule has 3 unspecified atom stereocenters. The van der Waals surface area contributed by atoms with Gasteiger partial charge in [-0.1, -0.05) is 18.2 Å². The van der Waals surface area contributed by atoms with E-state index in [0.717, 1.165) is 19.3 Å². The molecule has 2 nitrogen and oxygen atoms in total. The van der Waals surface area contributed by atoms with E-state index in [1.54, 1.807) is 0 Å². The van der Waals surface area contributed by atoms with Crippen LogP contribution in [0.5, 0.6) is 0 Å². The van der Waals surface area contributed by atoms with Crippen LogP contribution in [0, 0.1) is 17.3 Å². The first-order valence-corrected chi connectivity index (χ1v) is 6.76. The Morgan fingerprint density at radius 1 is 1.41 bits per heavy atom. The van der Waals surface area contributed by atoms with Crippen LogP contribution >= 0.6 is 11.8 Å². The number of fused-ring (bicyclic) bond motifs is 2. The Morgan fingerprint density at radius 3 is 2.53 bits per heavy atom. The molecule has 98 valence electrons. The molecule has 2 fully saturated rings. The SMILES string of the molecule is O=C(O)C1(CCSC(F)(F)F)CC2CCC1C2. The highest BCUT2D eigenvalue weighted by Gasteiger charge is 2.55. The zero-order valence-corrected chi connectivity index (χ0v) is 10.1. The van der Waals surface area contributed by atoms with Gasteiger partial charge >= 0.3 is 11.5 Å². The molecule has 0 amide bonds. The van der Waals surface area contributed by atoms with Crippen molar-refractivity contribution in [1.82, 2.24) is 0 Å². The van der Waals surface area contributed by atoms with E-state index in [-0.39, 0.29) is 29.9 Å². The number of alkyl halides is 3. The monoisotopic (exact) mass is 268 g/mol. The summed E-state index contributed by atoms with van der Waals surface area (Å²) in [6.07, 6.45) is 3.53. The number of carboxylic acid groups (broad SMARTS) is 1. The first-order chi connectivity index (χ1) is 7.83. The van der Waals surface area contributed by atoms with E-state index >= 15 is 0 Å². The van der Waals surface area contributed by atoms with Crippen molar-refractivity contribution >= 4 is 17.7 Å². The van der Waals surface area contributed by atoms with Gasteiger partial charge in [0.05, 0.1) is 5.41 Å². The molecule has 1 N–H and O–H groups in total. The first kappa shape index (κ1) is 13.1. The van der Waals surface area contributed by atoms with Gasteiger partial charge in [0, 0.05) is 5.75 Å². The fourth-order valence-electron chi connectivity index (χ4n) is 3.47. The second-order valence-corrected chi connectivity index (χ2v) is 6.25. The molecule has 6 heteroatoms. The molecule has 2 rings (SSSR count). The fraction of sp³-hybridized carbons (Fsp3) is 0.909. The Balaban J connectivity index is 1.97. The molecule has 0 radical (unpaired) electrons. The van der Waals surface area contributed by atoms with E-state index in [9.17, 15) is 23.1 Å². The van der Waals surface area contributed by atoms with E-state index in [1.165, 1.54) is 0 Å². The van der Waals surface area contributed by atoms with Gasteiger partial charge in [0.2, 0.25) is 0 Å². The normalized spacial score (nSPS) is 36.4. The maximum absolute atomic E-state index is 12.1. The minimum Gasteiger partial charge on any atom is -0.481 e. The van der Waals surface area contributed by atoms with Crippen molar-refractivity contribution in [2.75, 3.05) is 5.75 Å². The van der Waals surface area contributed by atoms with Gasteiger partial charge in [-0.25, -0.2) is 0 Å². The van der Waals surface area contributed by atoms with Gasteiger partial charge < -0.3 is 5.11 Å². The lowest BCUT2D eigenvalue weighted by atomic mass is 9.71. The third kappa shape index (κ3) is 2.56. The van der Waals surface area contributed by atoms with Crippen molar-refractivity contribution < 1.29 is 23.1 Å². The van der Waals surface area contributed by atoms with E-state index in [4.69, 9.17) is 0 Å². The van der Waals surface area contributed by atoms with Gasteiger partial charge in [-0.05, 0) is 37.5 Å². The lowest BCUT2D eigenvalue weighted by Crippen LogP contribution is -2.37. The van der Waals surface area contributed by atoms with E-state index in [2.05, 4.69) is 0 Å². The van der Waals surface area contributed by atoms with Gasteiger partial charge in [0.15, 0.2) is 0 Å². The molecule has 0 aromatic heterocycles. The van der Waals surface area contributed by atoms with E-state index in [0.29, 0.717) is 12.3 Å². The van der Waals surface area contributed by atoms with Crippen molar-refractivity contribution in [3.8, 4) is 0 Å². The van der Waals surface area contributed by atoms with Gasteiger partial charge in [-0.3, -0.25) is 4.79 Å². The molecule has 0 spiro atoms. The van der Waals surface area contributed by atoms with Crippen LogP contribution in [0.25, 0.3) is 0 Å². The molecule has 2 aliphatic rings. The predicted octanol–water partition coefficient (Wildman–Crippen LogP) is 3.52. The maximum atomic E-state index is 12.1. The Bertz CT molecular complexity index is 318. The summed E-state index contributed by atoms with van der Waals surface area (Å²) in [6.45, 7) is 0. The molecule has 17 heavy (non-hydrogen) atoms. The van der Waals surface area contributed by atoms with Crippen molar-refractivity contribution in [3.63, 3.8) is 0 Å². The maximum Gasteiger partial charge on any atom is 0.441 e. The van der Waals surface area contributed by atoms with Crippen molar-refractivity contribution in [2.45, 2.75) is 37.6 Å². The summed E-state index contributed by atoms with van der Waals surface area (Å²) >= 11 is -0.0996. The number of hydrogen-bond acceptors (Lipinski definition) is 2. The molecular weight excluding hydrogens is 253 g/mol. The molecule has 2 saturated carbocycles. The topological polar surface area (TPSA) is 37.3 Å². The van der Waals surface area contributed by atoms with Crippen LogP contribution in [0.3, 0.4) is 0 Å². The quantitative estimate of drug-likeness (QED) is 0.847. The zero-order chi connectivity index (χ0) is 12.7. The molecule has 2 aliphatic carbocycles. The number of carboxylic acids is 1. The number of aliphatic carboxylic acids is 1. The fourth-order valence-corrected chi connectivity index (χ4v) is 4.17. The Labute approximate surface area is 102 Å². The van der Waals surface area contributed by atoms with E-state index in [1.807, 2.05) is 0 Å². The molecule has 0 aromatic rings. The molecule has 0 aliphatic heterocycles. The summed E-state index contributed by atoms with van der Waals surface area (Å²) in [5.41, 5.74) is -5.13. The minimum atomic E-state index is -4.25. The summed E-state index contributed by atoms with van der Waals surface area (Å²) in [5.74, 6) is -0.516. The van der Waals surface area contributed by atoms with Crippen LogP contribution in [0.15, 0.2) is 0 Å². The minimum absolute atomic E-state index is 0.0961. The summed E-state index contributed by atoms with van der Waals surface area (Å²) in [4.78, 5) is 11.4. The highest BCUT2D eigenvalue weighted by atomic mass is 32.2. The van der Waals surface area contributed by atoms with Crippen molar-refractivity contribution in [1.29, 1.82) is 0 Å². The lowest BCUT2D eigenvalue weighted by Gasteiger charge is -2.33. The molecule has 0 heterocycles. The number of rotatable bonds is 4. The number of hydrogen-bond donors (Lipinski definition) is 1. The van der Waals surface area contributed by atoms with E-state index < -0.39 is 16.9 Å². The standard InChI is InChI=1S/C11H15F3O2S/c12-11(13,14)17-4-3-10(9(15)16)6-7-1-2-8(10)5-7/h7-8H,1-6H2,(H,15,16). The van der Waals surface area contributed by atoms with Crippen molar-refractivity contribution in [3.05, 3.63) is 0 Å². The van der Waals surface area contributed by atoms with Crippen LogP contribution in [0.2, 0.25) is 0 Å². The van der Waals surface area contributed by atoms with Gasteiger partial charge in [-0.2, -0.15) is 13.2 Å². The third-order valence-electron chi connectivity index (χ3n) is 4.22. The molecule has 3 atom stereocenters. The summed E-state index contributed by atoms with van der Waals surface area (Å²) in [6, 6.07) is 0. The molecule has 0 saturated heterocycles. The third-order valence-corrected chi connectivity index (χ3v) is 4.95. The first-order valence-electron chi connectivity index (χ1n) is 5.77. The lowest BCUT2D eigenvalue weighted by molar-refractivity contribution is -0.152. The van der Waals surface area contributed by atoms with Crippen LogP contribution < -0.4 is 0 Å². The Morgan fingerprint density at radius 2 is 2.12 bits per heavy atom. The van der Waals surface area contributed by atoms with Crippen LogP contribution in [-0.2, 0) is 4.79 Å². The summed E-state index contributed by atoms with van der Waals surface area (Å²) < 4.78 is 36.2. The van der Waals surface area contributed by atoms with Gasteiger partial charge in [0.1, 0.15) is 0 Å². The van der Waals surface area contributed by atoms with Crippen LogP contribution in [-0.4, -0.2) is 22.3 Å². The second-order valence-electron chi connectivity index (χ2n) is 5.09. The number of thioether (sulfide) groups is 1. The average molecular weight is 268 g/mol. The number of carbonyl (C=O) groups is 1. The average Bonchev–Trinajstić information content (AvgIpc) is 2.75. The zero-order valence-electron chi connectivity index (χ0n) is 9.29. The van der Waals surface area contributed by atoms with Crippen LogP contribution in [0.1, 0.15) is 32.1 Å². The highest BCUT2D eigenvalue weighted by molar-refractivity contribution is 8.00. The second kappa shape index (κ2) is 4.37. The molecular formula is C11H15F3O2S. The van der Waals surface area contributed by atoms with Gasteiger partial charge in [-0.15, -0.1) is 0 Å². The predicted molar refractivity (Wildman–Crippen MR) is 58.6 cm³/mol. The van der Waals surface area contributed by atoms with Crippen LogP contribution in [0.4, 0.5) is 13.2 Å². The largest absolute Gasteiger partial charge is 0.481 e. The highest BCUT2D eigenvalue weighted by Crippen LogP contribution is 2.58. The van der Waals surface area contributed by atoms with Gasteiger partial charge in [0.25, 0.3) is 0 Å². The number of halogens is 3. The Kier molecular flexibility index (Phi) is 3.36.